The molecule has 0 aliphatic rings. The predicted octanol–water partition coefficient (Wildman–Crippen LogP) is 2.85. The Balaban J connectivity index is 3.05. The van der Waals surface area contributed by atoms with Crippen LogP contribution in [-0.4, -0.2) is 7.11 Å². The first-order valence-electron chi connectivity index (χ1n) is 3.69. The summed E-state index contributed by atoms with van der Waals surface area (Å²) >= 11 is 0. The molecule has 1 nitrogen and oxygen atoms in total. The highest BCUT2D eigenvalue weighted by atomic mass is 31.0. The van der Waals surface area contributed by atoms with Crippen LogP contribution >= 0.6 is 9.24 Å². The largest absolute Gasteiger partial charge is 0.496 e. The van der Waals surface area contributed by atoms with Crippen LogP contribution < -0.4 is 4.74 Å². The second-order valence-electron chi connectivity index (χ2n) is 2.63. The van der Waals surface area contributed by atoms with Crippen molar-refractivity contribution in [2.45, 2.75) is 12.8 Å². The Morgan fingerprint density at radius 1 is 1.50 bits per heavy atom. The summed E-state index contributed by atoms with van der Waals surface area (Å²) in [5, 5.41) is 0. The molecule has 1 aromatic carbocycles. The SMILES string of the molecule is COc1cc(C(F)P)ccc1C. The number of hydrogen-bond donors (Lipinski definition) is 0. The van der Waals surface area contributed by atoms with Crippen molar-refractivity contribution in [3.05, 3.63) is 29.3 Å². The van der Waals surface area contributed by atoms with Gasteiger partial charge in [0.2, 0.25) is 0 Å². The molecule has 1 aromatic rings. The molecule has 2 atom stereocenters. The molecule has 0 radical (unpaired) electrons. The molecular formula is C9H12FOP. The first-order chi connectivity index (χ1) is 5.65. The number of ether oxygens (including phenoxy) is 1. The van der Waals surface area contributed by atoms with Crippen LogP contribution in [0.3, 0.4) is 0 Å². The van der Waals surface area contributed by atoms with Gasteiger partial charge in [-0.2, -0.15) is 0 Å². The van der Waals surface area contributed by atoms with Gasteiger partial charge in [0.05, 0.1) is 7.11 Å². The fraction of sp³-hybridized carbons (Fsp3) is 0.333. The molecule has 0 bridgehead atoms. The summed E-state index contributed by atoms with van der Waals surface area (Å²) < 4.78 is 17.8. The smallest absolute Gasteiger partial charge is 0.138 e. The average Bonchev–Trinajstić information content (AvgIpc) is 2.05. The van der Waals surface area contributed by atoms with Crippen molar-refractivity contribution in [3.8, 4) is 5.75 Å². The maximum atomic E-state index is 12.8. The molecule has 0 spiro atoms. The van der Waals surface area contributed by atoms with Crippen molar-refractivity contribution >= 4 is 9.24 Å². The Hall–Kier alpha value is -0.620. The van der Waals surface area contributed by atoms with Crippen molar-refractivity contribution < 1.29 is 9.13 Å². The van der Waals surface area contributed by atoms with E-state index < -0.39 is 5.91 Å². The molecular weight excluding hydrogens is 174 g/mol. The van der Waals surface area contributed by atoms with Gasteiger partial charge in [0.1, 0.15) is 11.7 Å². The lowest BCUT2D eigenvalue weighted by atomic mass is 10.1. The standard InChI is InChI=1S/C9H12FOP/c1-6-3-4-7(9(10)12)5-8(6)11-2/h3-5,9H,12H2,1-2H3. The second kappa shape index (κ2) is 3.86. The van der Waals surface area contributed by atoms with E-state index in [1.807, 2.05) is 13.0 Å². The number of benzene rings is 1. The molecule has 66 valence electrons. The summed E-state index contributed by atoms with van der Waals surface area (Å²) in [6.45, 7) is 1.93. The molecule has 0 aliphatic heterocycles. The van der Waals surface area contributed by atoms with E-state index in [9.17, 15) is 4.39 Å². The van der Waals surface area contributed by atoms with Gasteiger partial charge in [-0.25, -0.2) is 4.39 Å². The highest BCUT2D eigenvalue weighted by molar-refractivity contribution is 7.16. The third kappa shape index (κ3) is 1.95. The fourth-order valence-corrected chi connectivity index (χ4v) is 1.22. The van der Waals surface area contributed by atoms with E-state index in [1.54, 1.807) is 19.2 Å². The monoisotopic (exact) mass is 186 g/mol. The van der Waals surface area contributed by atoms with Crippen molar-refractivity contribution in [1.29, 1.82) is 0 Å². The number of methoxy groups -OCH3 is 1. The van der Waals surface area contributed by atoms with Gasteiger partial charge in [-0.1, -0.05) is 21.4 Å². The van der Waals surface area contributed by atoms with Crippen molar-refractivity contribution in [2.75, 3.05) is 7.11 Å². The second-order valence-corrected chi connectivity index (χ2v) is 3.22. The molecule has 0 N–H and O–H groups in total. The van der Waals surface area contributed by atoms with Gasteiger partial charge in [-0.3, -0.25) is 0 Å². The number of halogens is 1. The topological polar surface area (TPSA) is 9.23 Å². The molecule has 0 saturated heterocycles. The molecule has 0 amide bonds. The maximum absolute atomic E-state index is 12.8. The van der Waals surface area contributed by atoms with Crippen molar-refractivity contribution in [1.82, 2.24) is 0 Å². The van der Waals surface area contributed by atoms with Gasteiger partial charge in [0, 0.05) is 0 Å². The zero-order valence-electron chi connectivity index (χ0n) is 7.17. The molecule has 12 heavy (non-hydrogen) atoms. The van der Waals surface area contributed by atoms with E-state index in [2.05, 4.69) is 9.24 Å². The minimum atomic E-state index is -1.01. The lowest BCUT2D eigenvalue weighted by Gasteiger charge is -2.07. The Bertz CT molecular complexity index is 273. The summed E-state index contributed by atoms with van der Waals surface area (Å²) in [4.78, 5) is 0. The van der Waals surface area contributed by atoms with Crippen LogP contribution in [0.5, 0.6) is 5.75 Å². The predicted molar refractivity (Wildman–Crippen MR) is 51.3 cm³/mol. The van der Waals surface area contributed by atoms with Gasteiger partial charge < -0.3 is 4.74 Å². The Kier molecular flexibility index (Phi) is 3.05. The van der Waals surface area contributed by atoms with E-state index in [0.717, 1.165) is 11.3 Å². The van der Waals surface area contributed by atoms with Crippen LogP contribution in [0.4, 0.5) is 4.39 Å². The summed E-state index contributed by atoms with van der Waals surface area (Å²) in [6.07, 6.45) is 0. The van der Waals surface area contributed by atoms with Crippen molar-refractivity contribution in [3.63, 3.8) is 0 Å². The average molecular weight is 186 g/mol. The normalized spacial score (nSPS) is 12.7. The Morgan fingerprint density at radius 3 is 2.67 bits per heavy atom. The highest BCUT2D eigenvalue weighted by Gasteiger charge is 2.05. The van der Waals surface area contributed by atoms with Gasteiger partial charge in [-0.05, 0) is 24.1 Å². The lowest BCUT2D eigenvalue weighted by molar-refractivity contribution is 0.408. The van der Waals surface area contributed by atoms with Gasteiger partial charge >= 0.3 is 0 Å². The summed E-state index contributed by atoms with van der Waals surface area (Å²) in [5.74, 6) is -0.280. The number of aryl methyl sites for hydroxylation is 1. The zero-order chi connectivity index (χ0) is 9.14. The van der Waals surface area contributed by atoms with Crippen LogP contribution in [0.15, 0.2) is 18.2 Å². The Labute approximate surface area is 74.1 Å². The van der Waals surface area contributed by atoms with Crippen LogP contribution in [0.25, 0.3) is 0 Å². The fourth-order valence-electron chi connectivity index (χ4n) is 1.01. The summed E-state index contributed by atoms with van der Waals surface area (Å²) in [6, 6.07) is 5.33. The summed E-state index contributed by atoms with van der Waals surface area (Å²) in [5.41, 5.74) is 1.65. The first kappa shape index (κ1) is 9.47. The minimum absolute atomic E-state index is 0.627. The molecule has 0 aliphatic carbocycles. The number of rotatable bonds is 2. The minimum Gasteiger partial charge on any atom is -0.496 e. The quantitative estimate of drug-likeness (QED) is 0.645. The third-order valence-corrected chi connectivity index (χ3v) is 2.14. The van der Waals surface area contributed by atoms with Gasteiger partial charge in [0.25, 0.3) is 0 Å². The number of alkyl halides is 1. The van der Waals surface area contributed by atoms with E-state index in [4.69, 9.17) is 4.74 Å². The van der Waals surface area contributed by atoms with Crippen LogP contribution in [0.2, 0.25) is 0 Å². The Morgan fingerprint density at radius 2 is 2.17 bits per heavy atom. The molecule has 0 heterocycles. The molecule has 3 heteroatoms. The van der Waals surface area contributed by atoms with E-state index >= 15 is 0 Å². The molecule has 0 fully saturated rings. The van der Waals surface area contributed by atoms with E-state index in [1.165, 1.54) is 0 Å². The van der Waals surface area contributed by atoms with Crippen LogP contribution in [-0.2, 0) is 0 Å². The zero-order valence-corrected chi connectivity index (χ0v) is 8.33. The molecule has 1 rings (SSSR count). The molecule has 0 saturated carbocycles. The third-order valence-electron chi connectivity index (χ3n) is 1.75. The molecule has 2 unspecified atom stereocenters. The van der Waals surface area contributed by atoms with Gasteiger partial charge in [0.15, 0.2) is 0 Å². The lowest BCUT2D eigenvalue weighted by Crippen LogP contribution is -1.89. The first-order valence-corrected chi connectivity index (χ1v) is 4.36. The summed E-state index contributed by atoms with van der Waals surface area (Å²) in [7, 11) is 3.69. The van der Waals surface area contributed by atoms with Crippen molar-refractivity contribution in [2.24, 2.45) is 0 Å². The van der Waals surface area contributed by atoms with Gasteiger partial charge in [-0.15, -0.1) is 0 Å². The number of hydrogen-bond acceptors (Lipinski definition) is 1. The van der Waals surface area contributed by atoms with E-state index in [0.29, 0.717) is 5.56 Å². The van der Waals surface area contributed by atoms with Crippen LogP contribution in [0, 0.1) is 6.92 Å². The highest BCUT2D eigenvalue weighted by Crippen LogP contribution is 2.28. The molecule has 0 aromatic heterocycles. The van der Waals surface area contributed by atoms with E-state index in [-0.39, 0.29) is 0 Å². The van der Waals surface area contributed by atoms with Crippen LogP contribution in [0.1, 0.15) is 17.0 Å². The maximum Gasteiger partial charge on any atom is 0.138 e.